The molecule has 0 saturated carbocycles. The molecule has 9 heteroatoms. The Kier molecular flexibility index (Phi) is 6.14. The summed E-state index contributed by atoms with van der Waals surface area (Å²) in [7, 11) is -3.28. The second kappa shape index (κ2) is 8.81. The van der Waals surface area contributed by atoms with Crippen LogP contribution in [0.25, 0.3) is 0 Å². The standard InChI is InChI=1S/C21H29N5O3S/c1-15-13-17(25-30(2,27)28)5-8-19(15)22-21-14-20(23-24-21)16-3-6-18(7-4-16)26-9-11-29-12-10-26/h3-8,13,20-25H,9-12,14H2,1-2H3. The van der Waals surface area contributed by atoms with Gasteiger partial charge in [-0.25, -0.2) is 19.3 Å². The fraction of sp³-hybridized carbons (Fsp3) is 0.429. The first kappa shape index (κ1) is 20.9. The first-order valence-corrected chi connectivity index (χ1v) is 12.1. The van der Waals surface area contributed by atoms with Crippen molar-refractivity contribution in [3.63, 3.8) is 0 Å². The summed E-state index contributed by atoms with van der Waals surface area (Å²) in [5.41, 5.74) is 11.7. The Morgan fingerprint density at radius 2 is 1.80 bits per heavy atom. The lowest BCUT2D eigenvalue weighted by atomic mass is 10.0. The molecule has 4 N–H and O–H groups in total. The largest absolute Gasteiger partial charge is 0.378 e. The van der Waals surface area contributed by atoms with Gasteiger partial charge < -0.3 is 15.0 Å². The molecular formula is C21H29N5O3S. The van der Waals surface area contributed by atoms with Crippen LogP contribution in [-0.4, -0.2) is 47.1 Å². The molecule has 2 atom stereocenters. The van der Waals surface area contributed by atoms with Crippen molar-refractivity contribution in [2.24, 2.45) is 0 Å². The SMILES string of the molecule is Cc1cc(NS(C)(=O)=O)ccc1NC1CC(c2ccc(N3CCOCC3)cc2)NN1. The molecule has 162 valence electrons. The summed E-state index contributed by atoms with van der Waals surface area (Å²) in [6, 6.07) is 14.4. The van der Waals surface area contributed by atoms with Crippen LogP contribution in [0.3, 0.4) is 0 Å². The number of sulfonamides is 1. The quantitative estimate of drug-likeness (QED) is 0.557. The highest BCUT2D eigenvalue weighted by Crippen LogP contribution is 2.27. The third kappa shape index (κ3) is 5.23. The van der Waals surface area contributed by atoms with E-state index in [1.165, 1.54) is 11.3 Å². The molecule has 2 aliphatic heterocycles. The van der Waals surface area contributed by atoms with E-state index in [4.69, 9.17) is 4.74 Å². The predicted octanol–water partition coefficient (Wildman–Crippen LogP) is 2.18. The normalized spacial score (nSPS) is 22.1. The summed E-state index contributed by atoms with van der Waals surface area (Å²) >= 11 is 0. The van der Waals surface area contributed by atoms with Crippen molar-refractivity contribution in [3.8, 4) is 0 Å². The number of nitrogens with zero attached hydrogens (tertiary/aromatic N) is 1. The first-order valence-electron chi connectivity index (χ1n) is 10.2. The molecule has 0 bridgehead atoms. The zero-order valence-corrected chi connectivity index (χ0v) is 18.1. The van der Waals surface area contributed by atoms with E-state index < -0.39 is 10.0 Å². The minimum Gasteiger partial charge on any atom is -0.378 e. The maximum absolute atomic E-state index is 11.4. The molecule has 30 heavy (non-hydrogen) atoms. The highest BCUT2D eigenvalue weighted by atomic mass is 32.2. The van der Waals surface area contributed by atoms with Crippen LogP contribution in [0.2, 0.25) is 0 Å². The summed E-state index contributed by atoms with van der Waals surface area (Å²) in [4.78, 5) is 2.35. The van der Waals surface area contributed by atoms with Gasteiger partial charge in [-0.2, -0.15) is 0 Å². The van der Waals surface area contributed by atoms with Crippen molar-refractivity contribution in [3.05, 3.63) is 53.6 Å². The predicted molar refractivity (Wildman–Crippen MR) is 120 cm³/mol. The molecule has 2 heterocycles. The van der Waals surface area contributed by atoms with Gasteiger partial charge >= 0.3 is 0 Å². The first-order chi connectivity index (χ1) is 14.4. The molecule has 2 fully saturated rings. The van der Waals surface area contributed by atoms with E-state index in [9.17, 15) is 8.42 Å². The van der Waals surface area contributed by atoms with Gasteiger partial charge in [-0.15, -0.1) is 0 Å². The number of anilines is 3. The summed E-state index contributed by atoms with van der Waals surface area (Å²) in [5, 5.41) is 3.49. The molecular weight excluding hydrogens is 402 g/mol. The van der Waals surface area contributed by atoms with Crippen molar-refractivity contribution in [1.29, 1.82) is 0 Å². The van der Waals surface area contributed by atoms with Gasteiger partial charge in [0.25, 0.3) is 0 Å². The Bertz CT molecular complexity index is 975. The number of morpholine rings is 1. The third-order valence-electron chi connectivity index (χ3n) is 5.43. The zero-order chi connectivity index (χ0) is 21.1. The van der Waals surface area contributed by atoms with Gasteiger partial charge in [0.1, 0.15) is 0 Å². The third-order valence-corrected chi connectivity index (χ3v) is 6.04. The summed E-state index contributed by atoms with van der Waals surface area (Å²) in [6.45, 7) is 5.40. The fourth-order valence-corrected chi connectivity index (χ4v) is 4.45. The number of ether oxygens (including phenoxy) is 1. The Balaban J connectivity index is 1.35. The van der Waals surface area contributed by atoms with E-state index in [2.05, 4.69) is 50.1 Å². The van der Waals surface area contributed by atoms with Crippen molar-refractivity contribution >= 4 is 27.1 Å². The lowest BCUT2D eigenvalue weighted by Gasteiger charge is -2.29. The van der Waals surface area contributed by atoms with Gasteiger partial charge in [0.2, 0.25) is 10.0 Å². The van der Waals surface area contributed by atoms with Crippen LogP contribution in [0, 0.1) is 6.92 Å². The molecule has 2 unspecified atom stereocenters. The van der Waals surface area contributed by atoms with Gasteiger partial charge in [0.15, 0.2) is 0 Å². The van der Waals surface area contributed by atoms with E-state index in [1.54, 1.807) is 6.07 Å². The fourth-order valence-electron chi connectivity index (χ4n) is 3.90. The van der Waals surface area contributed by atoms with Crippen molar-refractivity contribution < 1.29 is 13.2 Å². The molecule has 0 spiro atoms. The molecule has 2 aromatic carbocycles. The Morgan fingerprint density at radius 1 is 1.07 bits per heavy atom. The van der Waals surface area contributed by atoms with E-state index in [1.807, 2.05) is 19.1 Å². The second-order valence-electron chi connectivity index (χ2n) is 7.87. The van der Waals surface area contributed by atoms with Crippen LogP contribution in [-0.2, 0) is 14.8 Å². The van der Waals surface area contributed by atoms with Crippen LogP contribution in [0.15, 0.2) is 42.5 Å². The summed E-state index contributed by atoms with van der Waals surface area (Å²) in [5.74, 6) is 0. The van der Waals surface area contributed by atoms with Gasteiger partial charge in [-0.1, -0.05) is 12.1 Å². The highest BCUT2D eigenvalue weighted by Gasteiger charge is 2.25. The average Bonchev–Trinajstić information content (AvgIpc) is 3.18. The summed E-state index contributed by atoms with van der Waals surface area (Å²) < 4.78 is 30.7. The van der Waals surface area contributed by atoms with E-state index in [0.29, 0.717) is 5.69 Å². The zero-order valence-electron chi connectivity index (χ0n) is 17.3. The number of rotatable bonds is 6. The van der Waals surface area contributed by atoms with Gasteiger partial charge in [0.05, 0.1) is 25.6 Å². The van der Waals surface area contributed by atoms with Gasteiger partial charge in [-0.3, -0.25) is 4.72 Å². The topological polar surface area (TPSA) is 94.7 Å². The number of aryl methyl sites for hydroxylation is 1. The van der Waals surface area contributed by atoms with Crippen LogP contribution in [0.4, 0.5) is 17.1 Å². The van der Waals surface area contributed by atoms with Gasteiger partial charge in [-0.05, 0) is 48.4 Å². The second-order valence-corrected chi connectivity index (χ2v) is 9.62. The van der Waals surface area contributed by atoms with Gasteiger partial charge in [0, 0.05) is 42.6 Å². The molecule has 2 aliphatic rings. The van der Waals surface area contributed by atoms with E-state index in [-0.39, 0.29) is 12.2 Å². The minimum atomic E-state index is -3.28. The molecule has 0 aromatic heterocycles. The van der Waals surface area contributed by atoms with Crippen LogP contribution >= 0.6 is 0 Å². The number of hydrazine groups is 1. The molecule has 4 rings (SSSR count). The summed E-state index contributed by atoms with van der Waals surface area (Å²) in [6.07, 6.45) is 2.11. The Morgan fingerprint density at radius 3 is 2.47 bits per heavy atom. The minimum absolute atomic E-state index is 0.0707. The maximum atomic E-state index is 11.4. The lowest BCUT2D eigenvalue weighted by molar-refractivity contribution is 0.122. The number of hydrogen-bond acceptors (Lipinski definition) is 7. The lowest BCUT2D eigenvalue weighted by Crippen LogP contribution is -2.36. The monoisotopic (exact) mass is 431 g/mol. The van der Waals surface area contributed by atoms with Crippen molar-refractivity contribution in [2.45, 2.75) is 25.6 Å². The number of benzene rings is 2. The van der Waals surface area contributed by atoms with E-state index in [0.717, 1.165) is 50.2 Å². The molecule has 0 aliphatic carbocycles. The van der Waals surface area contributed by atoms with Crippen molar-refractivity contribution in [1.82, 2.24) is 10.9 Å². The Hall–Kier alpha value is -2.33. The number of nitrogens with one attached hydrogen (secondary N) is 4. The number of hydrogen-bond donors (Lipinski definition) is 4. The molecule has 0 radical (unpaired) electrons. The van der Waals surface area contributed by atoms with E-state index >= 15 is 0 Å². The van der Waals surface area contributed by atoms with Crippen LogP contribution in [0.5, 0.6) is 0 Å². The maximum Gasteiger partial charge on any atom is 0.229 e. The highest BCUT2D eigenvalue weighted by molar-refractivity contribution is 7.92. The molecule has 2 saturated heterocycles. The average molecular weight is 432 g/mol. The van der Waals surface area contributed by atoms with Crippen LogP contribution in [0.1, 0.15) is 23.6 Å². The Labute approximate surface area is 178 Å². The van der Waals surface area contributed by atoms with Crippen LogP contribution < -0.4 is 25.8 Å². The smallest absolute Gasteiger partial charge is 0.229 e. The van der Waals surface area contributed by atoms with Crippen molar-refractivity contribution in [2.75, 3.05) is 47.5 Å². The molecule has 8 nitrogen and oxygen atoms in total. The molecule has 2 aromatic rings. The molecule has 0 amide bonds.